The summed E-state index contributed by atoms with van der Waals surface area (Å²) in [5, 5.41) is 18.0. The van der Waals surface area contributed by atoms with E-state index < -0.39 is 17.9 Å². The first-order valence-corrected chi connectivity index (χ1v) is 8.25. The van der Waals surface area contributed by atoms with Crippen molar-refractivity contribution in [3.8, 4) is 0 Å². The van der Waals surface area contributed by atoms with Gasteiger partial charge < -0.3 is 20.2 Å². The Kier molecular flexibility index (Phi) is 4.93. The van der Waals surface area contributed by atoms with Gasteiger partial charge in [-0.1, -0.05) is 18.2 Å². The molecule has 6 nitrogen and oxygen atoms in total. The van der Waals surface area contributed by atoms with Crippen molar-refractivity contribution in [3.63, 3.8) is 0 Å². The van der Waals surface area contributed by atoms with Gasteiger partial charge >= 0.3 is 11.8 Å². The van der Waals surface area contributed by atoms with Crippen LogP contribution in [-0.2, 0) is 16.1 Å². The first kappa shape index (κ1) is 16.2. The minimum absolute atomic E-state index is 0.0340. The van der Waals surface area contributed by atoms with Crippen LogP contribution in [0.4, 0.5) is 0 Å². The van der Waals surface area contributed by atoms with Gasteiger partial charge in [0.15, 0.2) is 0 Å². The number of carbonyl (C=O) groups excluding carboxylic acids is 2. The van der Waals surface area contributed by atoms with Crippen LogP contribution in [0.25, 0.3) is 10.1 Å². The largest absolute Gasteiger partial charge is 0.467 e. The zero-order valence-corrected chi connectivity index (χ0v) is 13.5. The van der Waals surface area contributed by atoms with Gasteiger partial charge in [-0.05, 0) is 29.0 Å². The summed E-state index contributed by atoms with van der Waals surface area (Å²) in [4.78, 5) is 23.5. The van der Waals surface area contributed by atoms with Crippen LogP contribution in [0.5, 0.6) is 0 Å². The highest BCUT2D eigenvalue weighted by Crippen LogP contribution is 2.29. The lowest BCUT2D eigenvalue weighted by Gasteiger charge is -2.11. The van der Waals surface area contributed by atoms with E-state index >= 15 is 0 Å². The van der Waals surface area contributed by atoms with E-state index in [-0.39, 0.29) is 13.1 Å². The number of rotatable bonds is 5. The van der Waals surface area contributed by atoms with E-state index in [1.165, 1.54) is 17.6 Å². The van der Waals surface area contributed by atoms with Gasteiger partial charge in [0, 0.05) is 16.8 Å². The molecule has 24 heavy (non-hydrogen) atoms. The molecule has 0 fully saturated rings. The minimum Gasteiger partial charge on any atom is -0.467 e. The monoisotopic (exact) mass is 344 g/mol. The first-order valence-electron chi connectivity index (χ1n) is 7.38. The highest BCUT2D eigenvalue weighted by molar-refractivity contribution is 7.17. The van der Waals surface area contributed by atoms with E-state index in [1.807, 2.05) is 29.6 Å². The quantitative estimate of drug-likeness (QED) is 0.617. The number of furan rings is 1. The average Bonchev–Trinajstić information content (AvgIpc) is 3.26. The van der Waals surface area contributed by atoms with Crippen LogP contribution in [0, 0.1) is 0 Å². The fourth-order valence-electron chi connectivity index (χ4n) is 2.30. The molecule has 0 aliphatic rings. The Bertz CT molecular complexity index is 841. The number of fused-ring (bicyclic) bond motifs is 1. The van der Waals surface area contributed by atoms with Crippen molar-refractivity contribution in [2.45, 2.75) is 12.6 Å². The highest BCUT2D eigenvalue weighted by atomic mass is 32.1. The fourth-order valence-corrected chi connectivity index (χ4v) is 3.30. The van der Waals surface area contributed by atoms with Crippen LogP contribution in [0.3, 0.4) is 0 Å². The van der Waals surface area contributed by atoms with E-state index in [1.54, 1.807) is 12.1 Å². The van der Waals surface area contributed by atoms with Crippen LogP contribution in [0.15, 0.2) is 52.5 Å². The molecule has 2 amide bonds. The first-order chi connectivity index (χ1) is 11.6. The second-order valence-corrected chi connectivity index (χ2v) is 6.09. The number of carbonyl (C=O) groups is 2. The predicted octanol–water partition coefficient (Wildman–Crippen LogP) is 1.96. The van der Waals surface area contributed by atoms with Gasteiger partial charge in [0.05, 0.1) is 18.9 Å². The maximum Gasteiger partial charge on any atom is 0.309 e. The van der Waals surface area contributed by atoms with E-state index in [4.69, 9.17) is 4.42 Å². The van der Waals surface area contributed by atoms with Crippen molar-refractivity contribution in [3.05, 3.63) is 59.4 Å². The topological polar surface area (TPSA) is 91.6 Å². The van der Waals surface area contributed by atoms with E-state index in [2.05, 4.69) is 10.6 Å². The molecule has 0 unspecified atom stereocenters. The molecule has 124 valence electrons. The molecule has 1 atom stereocenters. The molecule has 3 aromatic rings. The number of hydrogen-bond acceptors (Lipinski definition) is 5. The smallest absolute Gasteiger partial charge is 0.309 e. The predicted molar refractivity (Wildman–Crippen MR) is 90.3 cm³/mol. The molecule has 0 spiro atoms. The molecular formula is C17H16N2O4S. The van der Waals surface area contributed by atoms with Crippen LogP contribution in [-0.4, -0.2) is 23.5 Å². The highest BCUT2D eigenvalue weighted by Gasteiger charge is 2.17. The van der Waals surface area contributed by atoms with Gasteiger partial charge in [-0.2, -0.15) is 0 Å². The third-order valence-corrected chi connectivity index (χ3v) is 4.52. The number of nitrogens with one attached hydrogen (secondary N) is 2. The summed E-state index contributed by atoms with van der Waals surface area (Å²) in [6, 6.07) is 11.1. The zero-order valence-electron chi connectivity index (χ0n) is 12.7. The molecular weight excluding hydrogens is 328 g/mol. The summed E-state index contributed by atoms with van der Waals surface area (Å²) in [6.45, 7) is 0.102. The average molecular weight is 344 g/mol. The minimum atomic E-state index is -0.872. The number of amides is 2. The van der Waals surface area contributed by atoms with Crippen molar-refractivity contribution in [2.24, 2.45) is 0 Å². The van der Waals surface area contributed by atoms with Crippen LogP contribution >= 0.6 is 11.3 Å². The summed E-state index contributed by atoms with van der Waals surface area (Å²) in [7, 11) is 0. The van der Waals surface area contributed by atoms with Crippen LogP contribution in [0.1, 0.15) is 17.4 Å². The number of hydrogen-bond donors (Lipinski definition) is 3. The fraction of sp³-hybridized carbons (Fsp3) is 0.176. The summed E-state index contributed by atoms with van der Waals surface area (Å²) >= 11 is 1.53. The third-order valence-electron chi connectivity index (χ3n) is 3.54. The van der Waals surface area contributed by atoms with Crippen molar-refractivity contribution < 1.29 is 19.1 Å². The van der Waals surface area contributed by atoms with Crippen molar-refractivity contribution in [1.82, 2.24) is 10.6 Å². The van der Waals surface area contributed by atoms with Gasteiger partial charge in [0.2, 0.25) is 0 Å². The van der Waals surface area contributed by atoms with Crippen molar-refractivity contribution >= 4 is 33.2 Å². The SMILES string of the molecule is O=C(NCc1ccco1)C(=O)NC[C@H](O)c1csc2ccccc12. The van der Waals surface area contributed by atoms with Crippen molar-refractivity contribution in [2.75, 3.05) is 6.54 Å². The molecule has 7 heteroatoms. The maximum absolute atomic E-state index is 11.8. The van der Waals surface area contributed by atoms with Gasteiger partial charge in [-0.15, -0.1) is 11.3 Å². The molecule has 1 aromatic carbocycles. The molecule has 2 heterocycles. The molecule has 0 radical (unpaired) electrons. The van der Waals surface area contributed by atoms with E-state index in [0.29, 0.717) is 5.76 Å². The molecule has 3 rings (SSSR count). The zero-order chi connectivity index (χ0) is 16.9. The summed E-state index contributed by atoms with van der Waals surface area (Å²) in [5.74, 6) is -1.00. The second-order valence-electron chi connectivity index (χ2n) is 5.18. The molecule has 2 aromatic heterocycles. The molecule has 0 bridgehead atoms. The van der Waals surface area contributed by atoms with Gasteiger partial charge in [0.25, 0.3) is 0 Å². The Morgan fingerprint density at radius 3 is 2.71 bits per heavy atom. The Balaban J connectivity index is 1.52. The van der Waals surface area contributed by atoms with Gasteiger partial charge in [-0.3, -0.25) is 9.59 Å². The Labute approximate surface area is 142 Å². The maximum atomic E-state index is 11.8. The third kappa shape index (κ3) is 3.64. The molecule has 0 saturated heterocycles. The summed E-state index contributed by atoms with van der Waals surface area (Å²) < 4.78 is 6.13. The lowest BCUT2D eigenvalue weighted by Crippen LogP contribution is -2.41. The molecule has 3 N–H and O–H groups in total. The summed E-state index contributed by atoms with van der Waals surface area (Å²) in [5.41, 5.74) is 0.742. The second kappa shape index (κ2) is 7.29. The van der Waals surface area contributed by atoms with E-state index in [9.17, 15) is 14.7 Å². The Hall–Kier alpha value is -2.64. The van der Waals surface area contributed by atoms with Crippen LogP contribution in [0.2, 0.25) is 0 Å². The number of thiophene rings is 1. The van der Waals surface area contributed by atoms with Gasteiger partial charge in [-0.25, -0.2) is 0 Å². The summed E-state index contributed by atoms with van der Waals surface area (Å²) in [6.07, 6.45) is 0.617. The van der Waals surface area contributed by atoms with Crippen LogP contribution < -0.4 is 10.6 Å². The van der Waals surface area contributed by atoms with Gasteiger partial charge in [0.1, 0.15) is 5.76 Å². The Morgan fingerprint density at radius 2 is 1.92 bits per heavy atom. The molecule has 0 aliphatic carbocycles. The van der Waals surface area contributed by atoms with E-state index in [0.717, 1.165) is 15.6 Å². The lowest BCUT2D eigenvalue weighted by atomic mass is 10.1. The number of benzene rings is 1. The standard InChI is InChI=1S/C17H16N2O4S/c20-14(13-10-24-15-6-2-1-5-12(13)15)9-19-17(22)16(21)18-8-11-4-3-7-23-11/h1-7,10,14,20H,8-9H2,(H,18,21)(H,19,22)/t14-/m0/s1. The Morgan fingerprint density at radius 1 is 1.12 bits per heavy atom. The van der Waals surface area contributed by atoms with Crippen molar-refractivity contribution in [1.29, 1.82) is 0 Å². The molecule has 0 saturated carbocycles. The normalized spacial score (nSPS) is 12.0. The number of aliphatic hydroxyl groups excluding tert-OH is 1. The molecule has 0 aliphatic heterocycles. The number of aliphatic hydroxyl groups is 1. The lowest BCUT2D eigenvalue weighted by molar-refractivity contribution is -0.139.